The summed E-state index contributed by atoms with van der Waals surface area (Å²) in [6.45, 7) is 9.25. The SMILES string of the molecule is CC(C)(C)CCCCCCc1cc(O)c(CCCCC2(C)CC2)cc1O. The van der Waals surface area contributed by atoms with Crippen LogP contribution in [-0.2, 0) is 12.8 Å². The normalized spacial score (nSPS) is 16.0. The fourth-order valence-corrected chi connectivity index (χ4v) is 3.72. The molecule has 0 radical (unpaired) electrons. The van der Waals surface area contributed by atoms with E-state index in [0.717, 1.165) is 36.8 Å². The summed E-state index contributed by atoms with van der Waals surface area (Å²) in [5.41, 5.74) is 2.84. The molecule has 0 amide bonds. The molecule has 0 aliphatic heterocycles. The summed E-state index contributed by atoms with van der Waals surface area (Å²) in [5, 5.41) is 20.6. The molecule has 1 fully saturated rings. The zero-order chi connectivity index (χ0) is 19.2. The fourth-order valence-electron chi connectivity index (χ4n) is 3.72. The van der Waals surface area contributed by atoms with Gasteiger partial charge in [0.2, 0.25) is 0 Å². The van der Waals surface area contributed by atoms with Crippen molar-refractivity contribution in [3.05, 3.63) is 23.3 Å². The van der Waals surface area contributed by atoms with E-state index in [2.05, 4.69) is 27.7 Å². The van der Waals surface area contributed by atoms with E-state index in [1.165, 1.54) is 51.4 Å². The Kier molecular flexibility index (Phi) is 7.43. The van der Waals surface area contributed by atoms with E-state index in [4.69, 9.17) is 0 Å². The van der Waals surface area contributed by atoms with Crippen LogP contribution < -0.4 is 0 Å². The molecule has 1 aromatic carbocycles. The van der Waals surface area contributed by atoms with E-state index >= 15 is 0 Å². The first kappa shape index (κ1) is 21.1. The lowest BCUT2D eigenvalue weighted by Crippen LogP contribution is -2.03. The average Bonchev–Trinajstić information content (AvgIpc) is 3.28. The topological polar surface area (TPSA) is 40.5 Å². The highest BCUT2D eigenvalue weighted by molar-refractivity contribution is 5.45. The molecule has 148 valence electrons. The van der Waals surface area contributed by atoms with Gasteiger partial charge in [-0.15, -0.1) is 0 Å². The zero-order valence-electron chi connectivity index (χ0n) is 17.5. The lowest BCUT2D eigenvalue weighted by atomic mass is 9.89. The van der Waals surface area contributed by atoms with Gasteiger partial charge in [-0.05, 0) is 85.5 Å². The van der Waals surface area contributed by atoms with Crippen LogP contribution in [0.25, 0.3) is 0 Å². The molecular formula is C24H40O2. The number of aromatic hydroxyl groups is 2. The molecule has 2 rings (SSSR count). The molecule has 0 heterocycles. The van der Waals surface area contributed by atoms with Crippen molar-refractivity contribution in [2.75, 3.05) is 0 Å². The second-order valence-electron chi connectivity index (χ2n) is 10.1. The first-order valence-corrected chi connectivity index (χ1v) is 10.7. The molecule has 1 aromatic rings. The monoisotopic (exact) mass is 360 g/mol. The van der Waals surface area contributed by atoms with E-state index in [0.29, 0.717) is 22.3 Å². The number of phenols is 2. The largest absolute Gasteiger partial charge is 0.508 e. The Hall–Kier alpha value is -1.18. The minimum atomic E-state index is 0.363. The minimum Gasteiger partial charge on any atom is -0.508 e. The van der Waals surface area contributed by atoms with Gasteiger partial charge in [0, 0.05) is 0 Å². The second-order valence-corrected chi connectivity index (χ2v) is 10.1. The summed E-state index contributed by atoms with van der Waals surface area (Å²) in [5.74, 6) is 0.727. The molecule has 1 aliphatic rings. The van der Waals surface area contributed by atoms with Crippen molar-refractivity contribution in [3.8, 4) is 11.5 Å². The molecule has 2 heteroatoms. The summed E-state index contributed by atoms with van der Waals surface area (Å²) >= 11 is 0. The highest BCUT2D eigenvalue weighted by Gasteiger charge is 2.35. The van der Waals surface area contributed by atoms with Gasteiger partial charge in [-0.25, -0.2) is 0 Å². The Morgan fingerprint density at radius 3 is 1.81 bits per heavy atom. The first-order chi connectivity index (χ1) is 12.2. The molecule has 0 aromatic heterocycles. The van der Waals surface area contributed by atoms with Gasteiger partial charge in [-0.3, -0.25) is 0 Å². The van der Waals surface area contributed by atoms with Crippen LogP contribution in [0.3, 0.4) is 0 Å². The molecule has 0 unspecified atom stereocenters. The maximum atomic E-state index is 10.3. The third-order valence-electron chi connectivity index (χ3n) is 5.98. The number of hydrogen-bond acceptors (Lipinski definition) is 2. The molecular weight excluding hydrogens is 320 g/mol. The Bertz CT molecular complexity index is 564. The summed E-state index contributed by atoms with van der Waals surface area (Å²) in [4.78, 5) is 0. The van der Waals surface area contributed by atoms with Crippen molar-refractivity contribution in [1.82, 2.24) is 0 Å². The van der Waals surface area contributed by atoms with Gasteiger partial charge in [0.25, 0.3) is 0 Å². The highest BCUT2D eigenvalue weighted by atomic mass is 16.3. The Morgan fingerprint density at radius 1 is 0.808 bits per heavy atom. The molecule has 26 heavy (non-hydrogen) atoms. The smallest absolute Gasteiger partial charge is 0.119 e. The zero-order valence-corrected chi connectivity index (χ0v) is 17.5. The van der Waals surface area contributed by atoms with E-state index < -0.39 is 0 Å². The van der Waals surface area contributed by atoms with Crippen molar-refractivity contribution in [1.29, 1.82) is 0 Å². The molecule has 0 bridgehead atoms. The summed E-state index contributed by atoms with van der Waals surface area (Å²) in [7, 11) is 0. The summed E-state index contributed by atoms with van der Waals surface area (Å²) in [6.07, 6.45) is 14.2. The Balaban J connectivity index is 1.70. The van der Waals surface area contributed by atoms with Gasteiger partial charge in [0.15, 0.2) is 0 Å². The number of benzene rings is 1. The lowest BCUT2D eigenvalue weighted by molar-refractivity contribution is 0.357. The first-order valence-electron chi connectivity index (χ1n) is 10.7. The molecule has 1 saturated carbocycles. The molecule has 0 atom stereocenters. The third kappa shape index (κ3) is 7.60. The standard InChI is InChI=1S/C24H40O2/c1-23(2,3)13-9-6-5-7-11-19-17-22(26)20(18-21(19)25)12-8-10-14-24(4)15-16-24/h17-18,25-26H,5-16H2,1-4H3. The van der Waals surface area contributed by atoms with Gasteiger partial charge < -0.3 is 10.2 Å². The quantitative estimate of drug-likeness (QED) is 0.325. The number of aryl methyl sites for hydroxylation is 2. The van der Waals surface area contributed by atoms with Gasteiger partial charge >= 0.3 is 0 Å². The molecule has 1 aliphatic carbocycles. The van der Waals surface area contributed by atoms with Crippen LogP contribution in [0.4, 0.5) is 0 Å². The molecule has 0 saturated heterocycles. The van der Waals surface area contributed by atoms with Gasteiger partial charge in [0.1, 0.15) is 11.5 Å². The van der Waals surface area contributed by atoms with Crippen LogP contribution in [0.5, 0.6) is 11.5 Å². The molecule has 2 nitrogen and oxygen atoms in total. The van der Waals surface area contributed by atoms with Crippen LogP contribution in [0.1, 0.15) is 103 Å². The van der Waals surface area contributed by atoms with Crippen LogP contribution in [0.15, 0.2) is 12.1 Å². The maximum Gasteiger partial charge on any atom is 0.119 e. The van der Waals surface area contributed by atoms with E-state index in [1.807, 2.05) is 0 Å². The third-order valence-corrected chi connectivity index (χ3v) is 5.98. The maximum absolute atomic E-state index is 10.3. The van der Waals surface area contributed by atoms with Crippen LogP contribution >= 0.6 is 0 Å². The summed E-state index contributed by atoms with van der Waals surface area (Å²) < 4.78 is 0. The van der Waals surface area contributed by atoms with Crippen LogP contribution in [0, 0.1) is 10.8 Å². The summed E-state index contributed by atoms with van der Waals surface area (Å²) in [6, 6.07) is 3.59. The van der Waals surface area contributed by atoms with Gasteiger partial charge in [0.05, 0.1) is 0 Å². The predicted molar refractivity (Wildman–Crippen MR) is 111 cm³/mol. The average molecular weight is 361 g/mol. The van der Waals surface area contributed by atoms with Crippen molar-refractivity contribution < 1.29 is 10.2 Å². The van der Waals surface area contributed by atoms with Gasteiger partial charge in [-0.2, -0.15) is 0 Å². The number of hydrogen-bond donors (Lipinski definition) is 2. The predicted octanol–water partition coefficient (Wildman–Crippen LogP) is 7.15. The van der Waals surface area contributed by atoms with E-state index in [-0.39, 0.29) is 0 Å². The number of unbranched alkanes of at least 4 members (excludes halogenated alkanes) is 4. The number of rotatable bonds is 11. The fraction of sp³-hybridized carbons (Fsp3) is 0.750. The van der Waals surface area contributed by atoms with Crippen molar-refractivity contribution >= 4 is 0 Å². The second kappa shape index (κ2) is 9.15. The van der Waals surface area contributed by atoms with Crippen LogP contribution in [-0.4, -0.2) is 10.2 Å². The number of phenolic OH excluding ortho intramolecular Hbond substituents is 2. The van der Waals surface area contributed by atoms with E-state index in [9.17, 15) is 10.2 Å². The van der Waals surface area contributed by atoms with E-state index in [1.54, 1.807) is 12.1 Å². The van der Waals surface area contributed by atoms with Crippen molar-refractivity contribution in [2.24, 2.45) is 10.8 Å². The highest BCUT2D eigenvalue weighted by Crippen LogP contribution is 2.49. The minimum absolute atomic E-state index is 0.363. The van der Waals surface area contributed by atoms with Gasteiger partial charge in [-0.1, -0.05) is 53.4 Å². The lowest BCUT2D eigenvalue weighted by Gasteiger charge is -2.17. The van der Waals surface area contributed by atoms with Crippen molar-refractivity contribution in [3.63, 3.8) is 0 Å². The molecule has 2 N–H and O–H groups in total. The Labute approximate surface area is 161 Å². The Morgan fingerprint density at radius 2 is 1.31 bits per heavy atom. The van der Waals surface area contributed by atoms with Crippen molar-refractivity contribution in [2.45, 2.75) is 105 Å². The molecule has 0 spiro atoms. The van der Waals surface area contributed by atoms with Crippen LogP contribution in [0.2, 0.25) is 0 Å².